The van der Waals surface area contributed by atoms with Crippen LogP contribution in [0.3, 0.4) is 0 Å². The summed E-state index contributed by atoms with van der Waals surface area (Å²) >= 11 is 0. The van der Waals surface area contributed by atoms with Crippen molar-refractivity contribution in [2.24, 2.45) is 5.41 Å². The normalized spacial score (nSPS) is 25.4. The van der Waals surface area contributed by atoms with Crippen LogP contribution in [0, 0.1) is 5.41 Å². The molecule has 2 heterocycles. The molecule has 4 heteroatoms. The highest BCUT2D eigenvalue weighted by Gasteiger charge is 2.48. The summed E-state index contributed by atoms with van der Waals surface area (Å²) in [6, 6.07) is 0.679. The fraction of sp³-hybridized carbons (Fsp3) is 0.941. The van der Waals surface area contributed by atoms with Gasteiger partial charge in [0.25, 0.3) is 6.47 Å². The lowest BCUT2D eigenvalue weighted by molar-refractivity contribution is -0.170. The van der Waals surface area contributed by atoms with E-state index in [0.29, 0.717) is 12.5 Å². The maximum Gasteiger partial charge on any atom is 0.293 e. The summed E-state index contributed by atoms with van der Waals surface area (Å²) in [4.78, 5) is 16.0. The summed E-state index contributed by atoms with van der Waals surface area (Å²) < 4.78 is 5.57. The maximum atomic E-state index is 10.9. The van der Waals surface area contributed by atoms with E-state index in [1.807, 2.05) is 0 Å². The van der Waals surface area contributed by atoms with Gasteiger partial charge >= 0.3 is 0 Å². The van der Waals surface area contributed by atoms with Gasteiger partial charge in [-0.25, -0.2) is 0 Å². The van der Waals surface area contributed by atoms with Crippen molar-refractivity contribution in [3.05, 3.63) is 0 Å². The van der Waals surface area contributed by atoms with Gasteiger partial charge in [0.1, 0.15) is 5.60 Å². The van der Waals surface area contributed by atoms with Gasteiger partial charge in [-0.1, -0.05) is 20.8 Å². The first-order valence-electron chi connectivity index (χ1n) is 8.20. The zero-order chi connectivity index (χ0) is 15.9. The minimum atomic E-state index is -0.293. The van der Waals surface area contributed by atoms with Crippen LogP contribution in [0.1, 0.15) is 54.4 Å². The molecule has 4 nitrogen and oxygen atoms in total. The molecule has 0 unspecified atom stereocenters. The lowest BCUT2D eigenvalue weighted by Crippen LogP contribution is -2.66. The third-order valence-electron chi connectivity index (χ3n) is 5.57. The van der Waals surface area contributed by atoms with E-state index in [2.05, 4.69) is 51.3 Å². The van der Waals surface area contributed by atoms with Crippen molar-refractivity contribution in [2.75, 3.05) is 26.2 Å². The topological polar surface area (TPSA) is 32.8 Å². The number of hydrogen-bond donors (Lipinski definition) is 0. The number of carbonyl (C=O) groups is 1. The van der Waals surface area contributed by atoms with Gasteiger partial charge in [0.2, 0.25) is 0 Å². The molecule has 2 fully saturated rings. The summed E-state index contributed by atoms with van der Waals surface area (Å²) in [6.07, 6.45) is 1.89. The number of likely N-dealkylation sites (tertiary alicyclic amines) is 2. The van der Waals surface area contributed by atoms with Crippen LogP contribution in [-0.2, 0) is 9.53 Å². The molecule has 0 spiro atoms. The van der Waals surface area contributed by atoms with Crippen molar-refractivity contribution in [2.45, 2.75) is 71.6 Å². The van der Waals surface area contributed by atoms with Crippen LogP contribution in [0.4, 0.5) is 0 Å². The standard InChI is InChI=1S/C17H32N2O2/c1-15(2,3)17(21-13-20)7-9-18(10-8-17)14-11-19(12-14)16(4,5)6/h13-14H,7-12H2,1-6H3. The first-order valence-corrected chi connectivity index (χ1v) is 8.20. The number of ether oxygens (including phenoxy) is 1. The van der Waals surface area contributed by atoms with Gasteiger partial charge in [-0.3, -0.25) is 14.6 Å². The van der Waals surface area contributed by atoms with E-state index in [1.165, 1.54) is 13.1 Å². The van der Waals surface area contributed by atoms with Gasteiger partial charge in [-0.2, -0.15) is 0 Å². The second-order valence-corrected chi connectivity index (χ2v) is 8.72. The zero-order valence-corrected chi connectivity index (χ0v) is 14.6. The molecule has 122 valence electrons. The highest BCUT2D eigenvalue weighted by molar-refractivity contribution is 5.39. The second-order valence-electron chi connectivity index (χ2n) is 8.72. The van der Waals surface area contributed by atoms with Crippen molar-refractivity contribution in [1.29, 1.82) is 0 Å². The molecule has 0 saturated carbocycles. The molecule has 0 radical (unpaired) electrons. The van der Waals surface area contributed by atoms with Gasteiger partial charge in [0.15, 0.2) is 0 Å². The molecule has 2 aliphatic heterocycles. The average Bonchev–Trinajstić information content (AvgIpc) is 2.26. The van der Waals surface area contributed by atoms with Crippen LogP contribution < -0.4 is 0 Å². The Bertz CT molecular complexity index is 367. The summed E-state index contributed by atoms with van der Waals surface area (Å²) in [5.41, 5.74) is -0.0160. The molecule has 21 heavy (non-hydrogen) atoms. The maximum absolute atomic E-state index is 10.9. The van der Waals surface area contributed by atoms with E-state index in [4.69, 9.17) is 4.74 Å². The smallest absolute Gasteiger partial charge is 0.293 e. The predicted octanol–water partition coefficient (Wildman–Crippen LogP) is 2.52. The minimum Gasteiger partial charge on any atom is -0.461 e. The van der Waals surface area contributed by atoms with E-state index < -0.39 is 0 Å². The Kier molecular flexibility index (Phi) is 4.42. The van der Waals surface area contributed by atoms with E-state index in [9.17, 15) is 4.79 Å². The fourth-order valence-electron chi connectivity index (χ4n) is 3.62. The lowest BCUT2D eigenvalue weighted by atomic mass is 9.70. The van der Waals surface area contributed by atoms with Crippen LogP contribution in [0.15, 0.2) is 0 Å². The van der Waals surface area contributed by atoms with Gasteiger partial charge in [-0.05, 0) is 20.8 Å². The summed E-state index contributed by atoms with van der Waals surface area (Å²) in [5, 5.41) is 0. The van der Waals surface area contributed by atoms with E-state index in [-0.39, 0.29) is 16.6 Å². The van der Waals surface area contributed by atoms with E-state index in [0.717, 1.165) is 25.9 Å². The molecule has 0 amide bonds. The molecule has 0 aliphatic carbocycles. The molecule has 0 aromatic carbocycles. The minimum absolute atomic E-state index is 0.00292. The van der Waals surface area contributed by atoms with E-state index >= 15 is 0 Å². The molecular weight excluding hydrogens is 264 g/mol. The summed E-state index contributed by atoms with van der Waals surface area (Å²) in [7, 11) is 0. The van der Waals surface area contributed by atoms with Crippen LogP contribution in [0.5, 0.6) is 0 Å². The Morgan fingerprint density at radius 3 is 1.95 bits per heavy atom. The fourth-order valence-corrected chi connectivity index (χ4v) is 3.62. The third kappa shape index (κ3) is 3.26. The SMILES string of the molecule is CC(C)(C)N1CC(N2CCC(OC=O)(C(C)(C)C)CC2)C1. The van der Waals surface area contributed by atoms with Gasteiger partial charge < -0.3 is 4.74 Å². The van der Waals surface area contributed by atoms with Crippen molar-refractivity contribution in [1.82, 2.24) is 9.80 Å². The Morgan fingerprint density at radius 1 is 1.05 bits per heavy atom. The Hall–Kier alpha value is -0.610. The van der Waals surface area contributed by atoms with Crippen molar-refractivity contribution in [3.63, 3.8) is 0 Å². The quantitative estimate of drug-likeness (QED) is 0.749. The molecular formula is C17H32N2O2. The number of nitrogens with zero attached hydrogens (tertiary/aromatic N) is 2. The molecule has 0 aromatic heterocycles. The van der Waals surface area contributed by atoms with Crippen LogP contribution in [-0.4, -0.2) is 59.6 Å². The Balaban J connectivity index is 1.90. The summed E-state index contributed by atoms with van der Waals surface area (Å²) in [5.74, 6) is 0. The molecule has 0 atom stereocenters. The summed E-state index contributed by atoms with van der Waals surface area (Å²) in [6.45, 7) is 18.4. The molecule has 2 saturated heterocycles. The van der Waals surface area contributed by atoms with Gasteiger partial charge in [-0.15, -0.1) is 0 Å². The van der Waals surface area contributed by atoms with Gasteiger partial charge in [0, 0.05) is 56.0 Å². The van der Waals surface area contributed by atoms with Crippen LogP contribution in [0.2, 0.25) is 0 Å². The van der Waals surface area contributed by atoms with Crippen molar-refractivity contribution >= 4 is 6.47 Å². The first kappa shape index (κ1) is 16.8. The Morgan fingerprint density at radius 2 is 1.57 bits per heavy atom. The molecule has 2 aliphatic rings. The number of carbonyl (C=O) groups excluding carboxylic acids is 1. The largest absolute Gasteiger partial charge is 0.461 e. The average molecular weight is 296 g/mol. The highest BCUT2D eigenvalue weighted by atomic mass is 16.5. The first-order chi connectivity index (χ1) is 9.59. The van der Waals surface area contributed by atoms with Crippen LogP contribution >= 0.6 is 0 Å². The number of rotatable bonds is 3. The zero-order valence-electron chi connectivity index (χ0n) is 14.6. The highest BCUT2D eigenvalue weighted by Crippen LogP contribution is 2.42. The molecule has 0 aromatic rings. The van der Waals surface area contributed by atoms with E-state index in [1.54, 1.807) is 0 Å². The number of piperidine rings is 1. The predicted molar refractivity (Wildman–Crippen MR) is 85.3 cm³/mol. The Labute approximate surface area is 129 Å². The van der Waals surface area contributed by atoms with Crippen LogP contribution in [0.25, 0.3) is 0 Å². The molecule has 0 bridgehead atoms. The monoisotopic (exact) mass is 296 g/mol. The number of hydrogen-bond acceptors (Lipinski definition) is 4. The third-order valence-corrected chi connectivity index (χ3v) is 5.57. The lowest BCUT2D eigenvalue weighted by Gasteiger charge is -2.55. The van der Waals surface area contributed by atoms with Crippen molar-refractivity contribution < 1.29 is 9.53 Å². The molecule has 2 rings (SSSR count). The van der Waals surface area contributed by atoms with Crippen molar-refractivity contribution in [3.8, 4) is 0 Å². The van der Waals surface area contributed by atoms with Gasteiger partial charge in [0.05, 0.1) is 0 Å². The molecule has 0 N–H and O–H groups in total. The second kappa shape index (κ2) is 5.54.